The van der Waals surface area contributed by atoms with Gasteiger partial charge in [-0.25, -0.2) is 4.79 Å². The molecule has 0 spiro atoms. The van der Waals surface area contributed by atoms with E-state index in [-0.39, 0.29) is 43.7 Å². The summed E-state index contributed by atoms with van der Waals surface area (Å²) < 4.78 is 10.9. The number of benzene rings is 1. The lowest BCUT2D eigenvalue weighted by Gasteiger charge is -2.27. The predicted molar refractivity (Wildman–Crippen MR) is 128 cm³/mol. The molecule has 0 unspecified atom stereocenters. The zero-order chi connectivity index (χ0) is 25.3. The number of rotatable bonds is 11. The number of carbonyl (C=O) groups excluding carboxylic acids is 4. The van der Waals surface area contributed by atoms with E-state index in [0.717, 1.165) is 5.56 Å². The van der Waals surface area contributed by atoms with Crippen molar-refractivity contribution in [1.82, 2.24) is 10.2 Å². The van der Waals surface area contributed by atoms with Gasteiger partial charge in [0.15, 0.2) is 5.78 Å². The number of esters is 1. The van der Waals surface area contributed by atoms with Gasteiger partial charge in [0, 0.05) is 19.0 Å². The number of carbonyl (C=O) groups is 4. The molecule has 2 amide bonds. The van der Waals surface area contributed by atoms with E-state index in [0.29, 0.717) is 19.4 Å². The molecule has 0 saturated carbocycles. The minimum Gasteiger partial charge on any atom is -0.460 e. The fourth-order valence-electron chi connectivity index (χ4n) is 3.90. The maximum atomic E-state index is 13.3. The largest absolute Gasteiger partial charge is 0.460 e. The summed E-state index contributed by atoms with van der Waals surface area (Å²) >= 11 is 0. The maximum Gasteiger partial charge on any atom is 0.410 e. The Balaban J connectivity index is 2.11. The standard InChI is InChI=1S/C26H38N2O6/c1-18(2)13-21(14-23(30)34-26(3,4)5)22(29)16-28(15-20-11-12-27-24(20)31)25(32)33-17-19-9-7-6-8-10-19/h6-10,18,20-21H,11-17H2,1-5H3,(H,27,31)/t20-,21+/m0/s1. The third-order valence-electron chi connectivity index (χ3n) is 5.46. The summed E-state index contributed by atoms with van der Waals surface area (Å²) in [5, 5.41) is 2.76. The number of ketones is 1. The molecule has 2 atom stereocenters. The number of ether oxygens (including phenoxy) is 2. The van der Waals surface area contributed by atoms with Crippen LogP contribution in [0.4, 0.5) is 4.79 Å². The van der Waals surface area contributed by atoms with E-state index in [9.17, 15) is 19.2 Å². The van der Waals surface area contributed by atoms with Crippen molar-refractivity contribution in [1.29, 1.82) is 0 Å². The summed E-state index contributed by atoms with van der Waals surface area (Å²) in [6, 6.07) is 9.24. The number of amides is 2. The van der Waals surface area contributed by atoms with Crippen molar-refractivity contribution in [3.63, 3.8) is 0 Å². The van der Waals surface area contributed by atoms with Crippen LogP contribution in [0.2, 0.25) is 0 Å². The van der Waals surface area contributed by atoms with Gasteiger partial charge in [-0.3, -0.25) is 14.4 Å². The third kappa shape index (κ3) is 9.53. The van der Waals surface area contributed by atoms with E-state index in [1.54, 1.807) is 20.8 Å². The Kier molecular flexibility index (Phi) is 10.1. The highest BCUT2D eigenvalue weighted by Gasteiger charge is 2.33. The molecule has 8 nitrogen and oxygen atoms in total. The average Bonchev–Trinajstić information content (AvgIpc) is 3.14. The van der Waals surface area contributed by atoms with Crippen LogP contribution in [0.3, 0.4) is 0 Å². The normalized spacial score (nSPS) is 16.6. The predicted octanol–water partition coefficient (Wildman–Crippen LogP) is 3.72. The molecule has 8 heteroatoms. The van der Waals surface area contributed by atoms with Crippen molar-refractivity contribution in [3.05, 3.63) is 35.9 Å². The number of Topliss-reactive ketones (excluding diaryl/α,β-unsaturated/α-hetero) is 1. The molecule has 2 rings (SSSR count). The zero-order valence-corrected chi connectivity index (χ0v) is 21.0. The van der Waals surface area contributed by atoms with E-state index in [1.165, 1.54) is 4.90 Å². The minimum atomic E-state index is -0.655. The summed E-state index contributed by atoms with van der Waals surface area (Å²) in [4.78, 5) is 52.0. The molecule has 188 valence electrons. The van der Waals surface area contributed by atoms with Crippen molar-refractivity contribution in [3.8, 4) is 0 Å². The molecule has 1 aliphatic rings. The molecule has 0 aromatic heterocycles. The molecular weight excluding hydrogens is 436 g/mol. The van der Waals surface area contributed by atoms with Crippen LogP contribution in [0.5, 0.6) is 0 Å². The molecule has 0 aliphatic carbocycles. The van der Waals surface area contributed by atoms with Crippen LogP contribution >= 0.6 is 0 Å². The van der Waals surface area contributed by atoms with Crippen LogP contribution in [-0.2, 0) is 30.5 Å². The molecule has 1 saturated heterocycles. The Morgan fingerprint density at radius 3 is 2.38 bits per heavy atom. The van der Waals surface area contributed by atoms with Gasteiger partial charge in [0.25, 0.3) is 0 Å². The van der Waals surface area contributed by atoms with Gasteiger partial charge in [0.05, 0.1) is 18.9 Å². The van der Waals surface area contributed by atoms with Crippen molar-refractivity contribution >= 4 is 23.8 Å². The Bertz CT molecular complexity index is 847. The van der Waals surface area contributed by atoms with Crippen molar-refractivity contribution < 1.29 is 28.7 Å². The second-order valence-electron chi connectivity index (χ2n) is 10.3. The van der Waals surface area contributed by atoms with Gasteiger partial charge in [0.2, 0.25) is 5.91 Å². The molecular formula is C26H38N2O6. The second-order valence-corrected chi connectivity index (χ2v) is 10.3. The molecule has 0 bridgehead atoms. The highest BCUT2D eigenvalue weighted by atomic mass is 16.6. The lowest BCUT2D eigenvalue weighted by molar-refractivity contribution is -0.157. The second kappa shape index (κ2) is 12.5. The van der Waals surface area contributed by atoms with Crippen LogP contribution in [0.15, 0.2) is 30.3 Å². The monoisotopic (exact) mass is 474 g/mol. The Morgan fingerprint density at radius 1 is 1.15 bits per heavy atom. The van der Waals surface area contributed by atoms with Crippen molar-refractivity contribution in [2.24, 2.45) is 17.8 Å². The first-order valence-electron chi connectivity index (χ1n) is 11.9. The van der Waals surface area contributed by atoms with Crippen LogP contribution in [-0.4, -0.2) is 53.9 Å². The van der Waals surface area contributed by atoms with Gasteiger partial charge in [-0.05, 0) is 45.1 Å². The molecule has 1 N–H and O–H groups in total. The first kappa shape index (κ1) is 27.3. The van der Waals surface area contributed by atoms with Gasteiger partial charge in [-0.1, -0.05) is 44.2 Å². The van der Waals surface area contributed by atoms with Crippen LogP contribution in [0, 0.1) is 17.8 Å². The molecule has 1 aliphatic heterocycles. The van der Waals surface area contributed by atoms with Gasteiger partial charge >= 0.3 is 12.1 Å². The molecule has 1 fully saturated rings. The number of hydrogen-bond donors (Lipinski definition) is 1. The Morgan fingerprint density at radius 2 is 1.82 bits per heavy atom. The zero-order valence-electron chi connectivity index (χ0n) is 21.0. The Hall–Kier alpha value is -2.90. The summed E-state index contributed by atoms with van der Waals surface area (Å²) in [5.74, 6) is -1.63. The van der Waals surface area contributed by atoms with Gasteiger partial charge in [-0.15, -0.1) is 0 Å². The van der Waals surface area contributed by atoms with E-state index in [1.807, 2.05) is 44.2 Å². The van der Waals surface area contributed by atoms with Crippen LogP contribution < -0.4 is 5.32 Å². The molecule has 1 aromatic rings. The van der Waals surface area contributed by atoms with Gasteiger partial charge in [0.1, 0.15) is 12.2 Å². The van der Waals surface area contributed by atoms with Crippen LogP contribution in [0.25, 0.3) is 0 Å². The molecule has 34 heavy (non-hydrogen) atoms. The molecule has 1 aromatic carbocycles. The highest BCUT2D eigenvalue weighted by molar-refractivity contribution is 5.89. The van der Waals surface area contributed by atoms with E-state index in [2.05, 4.69) is 5.32 Å². The lowest BCUT2D eigenvalue weighted by Crippen LogP contribution is -2.43. The highest BCUT2D eigenvalue weighted by Crippen LogP contribution is 2.21. The van der Waals surface area contributed by atoms with Crippen LogP contribution in [0.1, 0.15) is 59.4 Å². The van der Waals surface area contributed by atoms with Gasteiger partial charge < -0.3 is 19.7 Å². The van der Waals surface area contributed by atoms with E-state index < -0.39 is 29.5 Å². The third-order valence-corrected chi connectivity index (χ3v) is 5.46. The minimum absolute atomic E-state index is 0.0505. The maximum absolute atomic E-state index is 13.3. The quantitative estimate of drug-likeness (QED) is 0.491. The average molecular weight is 475 g/mol. The van der Waals surface area contributed by atoms with Gasteiger partial charge in [-0.2, -0.15) is 0 Å². The number of hydrogen-bond acceptors (Lipinski definition) is 6. The summed E-state index contributed by atoms with van der Waals surface area (Å²) in [6.07, 6.45) is 0.375. The van der Waals surface area contributed by atoms with Crippen molar-refractivity contribution in [2.75, 3.05) is 19.6 Å². The molecule has 1 heterocycles. The number of nitrogens with one attached hydrogen (secondary N) is 1. The van der Waals surface area contributed by atoms with E-state index >= 15 is 0 Å². The Labute approximate surface area is 202 Å². The number of nitrogens with zero attached hydrogens (tertiary/aromatic N) is 1. The summed E-state index contributed by atoms with van der Waals surface area (Å²) in [6.45, 7) is 9.76. The fraction of sp³-hybridized carbons (Fsp3) is 0.615. The topological polar surface area (TPSA) is 102 Å². The first-order valence-corrected chi connectivity index (χ1v) is 11.9. The summed E-state index contributed by atoms with van der Waals surface area (Å²) in [7, 11) is 0. The summed E-state index contributed by atoms with van der Waals surface area (Å²) in [5.41, 5.74) is 0.175. The SMILES string of the molecule is CC(C)C[C@H](CC(=O)OC(C)(C)C)C(=O)CN(C[C@@H]1CCNC1=O)C(=O)OCc1ccccc1. The smallest absolute Gasteiger partial charge is 0.410 e. The first-order chi connectivity index (χ1) is 15.9. The lowest BCUT2D eigenvalue weighted by atomic mass is 9.90. The fourth-order valence-corrected chi connectivity index (χ4v) is 3.90. The van der Waals surface area contributed by atoms with E-state index in [4.69, 9.17) is 9.47 Å². The molecule has 0 radical (unpaired) electrons. The van der Waals surface area contributed by atoms with Crippen molar-refractivity contribution in [2.45, 2.75) is 66.1 Å².